The van der Waals surface area contributed by atoms with Crippen LogP contribution in [-0.4, -0.2) is 60.8 Å². The smallest absolute Gasteiger partial charge is 0.407 e. The second-order valence-electron chi connectivity index (χ2n) is 10.6. The maximum Gasteiger partial charge on any atom is 0.407 e. The summed E-state index contributed by atoms with van der Waals surface area (Å²) in [5.41, 5.74) is -0.940. The van der Waals surface area contributed by atoms with Crippen molar-refractivity contribution in [3.63, 3.8) is 0 Å². The van der Waals surface area contributed by atoms with E-state index in [9.17, 15) is 23.2 Å². The number of esters is 1. The number of aryl methyl sites for hydroxylation is 1. The van der Waals surface area contributed by atoms with Crippen LogP contribution in [0.3, 0.4) is 0 Å². The lowest BCUT2D eigenvalue weighted by Crippen LogP contribution is -2.43. The van der Waals surface area contributed by atoms with Crippen LogP contribution >= 0.6 is 0 Å². The molecule has 1 aromatic carbocycles. The van der Waals surface area contributed by atoms with Crippen LogP contribution in [0.15, 0.2) is 17.1 Å². The molecule has 2 aliphatic rings. The molecular weight excluding hydrogens is 491 g/mol. The fourth-order valence-corrected chi connectivity index (χ4v) is 4.95. The standard InChI is InChI=1S/C26H32F3N3O5/c1-6-36-24(34)16-11-32(20-8-17(20)28)21-13(2)22(18(29)7-15(21)23(16)33)31-10-14(9-27)19(12-31)30-25(35)37-26(3,4)5/h7,11,14,17,19-20H,6,8-10,12H2,1-5H3,(H,30,35). The van der Waals surface area contributed by atoms with Crippen molar-refractivity contribution in [3.05, 3.63) is 39.4 Å². The summed E-state index contributed by atoms with van der Waals surface area (Å²) >= 11 is 0. The molecule has 1 amide bonds. The monoisotopic (exact) mass is 523 g/mol. The third-order valence-electron chi connectivity index (χ3n) is 6.67. The van der Waals surface area contributed by atoms with E-state index in [0.29, 0.717) is 11.1 Å². The average Bonchev–Trinajstić information content (AvgIpc) is 3.38. The summed E-state index contributed by atoms with van der Waals surface area (Å²) in [6, 6.07) is -0.207. The van der Waals surface area contributed by atoms with Gasteiger partial charge in [-0.2, -0.15) is 0 Å². The van der Waals surface area contributed by atoms with E-state index < -0.39 is 59.8 Å². The molecule has 0 radical (unpaired) electrons. The van der Waals surface area contributed by atoms with Gasteiger partial charge in [-0.25, -0.2) is 18.4 Å². The van der Waals surface area contributed by atoms with Gasteiger partial charge >= 0.3 is 12.1 Å². The maximum atomic E-state index is 15.6. The Labute approximate surface area is 212 Å². The molecule has 1 aliphatic heterocycles. The summed E-state index contributed by atoms with van der Waals surface area (Å²) in [7, 11) is 0. The second-order valence-corrected chi connectivity index (χ2v) is 10.6. The molecule has 2 aromatic rings. The predicted octanol–water partition coefficient (Wildman–Crippen LogP) is 4.21. The molecule has 2 heterocycles. The minimum Gasteiger partial charge on any atom is -0.462 e. The second kappa shape index (κ2) is 9.90. The SMILES string of the molecule is CCOC(=O)c1cn(C2CC2F)c2c(C)c(N3CC(CF)C(NC(=O)OC(C)(C)C)C3)c(F)cc2c1=O. The number of pyridine rings is 1. The molecule has 4 atom stereocenters. The Kier molecular flexibility index (Phi) is 7.18. The summed E-state index contributed by atoms with van der Waals surface area (Å²) in [6.45, 7) is 7.85. The third kappa shape index (κ3) is 5.26. The lowest BCUT2D eigenvalue weighted by molar-refractivity contribution is 0.0491. The Morgan fingerprint density at radius 3 is 2.49 bits per heavy atom. The number of ether oxygens (including phenoxy) is 2. The molecule has 2 fully saturated rings. The molecular formula is C26H32F3N3O5. The minimum atomic E-state index is -1.17. The first-order valence-electron chi connectivity index (χ1n) is 12.4. The number of nitrogens with one attached hydrogen (secondary N) is 1. The van der Waals surface area contributed by atoms with Crippen molar-refractivity contribution in [2.45, 2.75) is 64.9 Å². The third-order valence-corrected chi connectivity index (χ3v) is 6.67. The number of carbonyl (C=O) groups is 2. The van der Waals surface area contributed by atoms with Crippen molar-refractivity contribution in [2.24, 2.45) is 5.92 Å². The number of benzene rings is 1. The van der Waals surface area contributed by atoms with Crippen molar-refractivity contribution >= 4 is 28.7 Å². The van der Waals surface area contributed by atoms with Crippen molar-refractivity contribution in [1.82, 2.24) is 9.88 Å². The molecule has 202 valence electrons. The number of rotatable bonds is 6. The Balaban J connectivity index is 1.76. The number of hydrogen-bond acceptors (Lipinski definition) is 6. The zero-order valence-electron chi connectivity index (χ0n) is 21.6. The van der Waals surface area contributed by atoms with Gasteiger partial charge in [0, 0.05) is 37.0 Å². The molecule has 11 heteroatoms. The van der Waals surface area contributed by atoms with Crippen molar-refractivity contribution < 1.29 is 32.2 Å². The number of aromatic nitrogens is 1. The minimum absolute atomic E-state index is 0.0427. The highest BCUT2D eigenvalue weighted by Gasteiger charge is 2.42. The number of carbonyl (C=O) groups excluding carboxylic acids is 2. The molecule has 1 N–H and O–H groups in total. The van der Waals surface area contributed by atoms with Gasteiger partial charge < -0.3 is 24.3 Å². The number of halogens is 3. The fourth-order valence-electron chi connectivity index (χ4n) is 4.95. The van der Waals surface area contributed by atoms with Crippen LogP contribution in [0.4, 0.5) is 23.7 Å². The zero-order chi connectivity index (χ0) is 27.2. The van der Waals surface area contributed by atoms with Crippen LogP contribution in [0.1, 0.15) is 56.1 Å². The topological polar surface area (TPSA) is 89.9 Å². The molecule has 0 spiro atoms. The van der Waals surface area contributed by atoms with Gasteiger partial charge in [0.15, 0.2) is 0 Å². The average molecular weight is 524 g/mol. The van der Waals surface area contributed by atoms with E-state index in [1.165, 1.54) is 10.8 Å². The normalized spacial score (nSPS) is 23.3. The van der Waals surface area contributed by atoms with Crippen molar-refractivity contribution in [2.75, 3.05) is 31.3 Å². The Morgan fingerprint density at radius 2 is 1.92 bits per heavy atom. The van der Waals surface area contributed by atoms with Gasteiger partial charge in [0.2, 0.25) is 5.43 Å². The summed E-state index contributed by atoms with van der Waals surface area (Å²) in [5.74, 6) is -2.21. The van der Waals surface area contributed by atoms with Gasteiger partial charge in [0.25, 0.3) is 0 Å². The zero-order valence-corrected chi connectivity index (χ0v) is 21.6. The van der Waals surface area contributed by atoms with Crippen LogP contribution in [-0.2, 0) is 9.47 Å². The molecule has 37 heavy (non-hydrogen) atoms. The van der Waals surface area contributed by atoms with Gasteiger partial charge in [-0.3, -0.25) is 9.18 Å². The van der Waals surface area contributed by atoms with Gasteiger partial charge in [0.05, 0.1) is 36.6 Å². The molecule has 1 saturated carbocycles. The first-order chi connectivity index (χ1) is 17.4. The van der Waals surface area contributed by atoms with E-state index in [2.05, 4.69) is 5.32 Å². The highest BCUT2D eigenvalue weighted by atomic mass is 19.1. The maximum absolute atomic E-state index is 15.6. The van der Waals surface area contributed by atoms with Gasteiger partial charge in [-0.15, -0.1) is 0 Å². The van der Waals surface area contributed by atoms with E-state index >= 15 is 4.39 Å². The van der Waals surface area contributed by atoms with E-state index in [4.69, 9.17) is 9.47 Å². The fraction of sp³-hybridized carbons (Fsp3) is 0.577. The Hall–Kier alpha value is -3.24. The van der Waals surface area contributed by atoms with Crippen LogP contribution < -0.4 is 15.6 Å². The van der Waals surface area contributed by atoms with Crippen LogP contribution in [0.2, 0.25) is 0 Å². The molecule has 1 saturated heterocycles. The number of nitrogens with zero attached hydrogens (tertiary/aromatic N) is 2. The van der Waals surface area contributed by atoms with Crippen LogP contribution in [0.5, 0.6) is 0 Å². The Bertz CT molecular complexity index is 1290. The van der Waals surface area contributed by atoms with E-state index in [1.54, 1.807) is 39.5 Å². The molecule has 1 aliphatic carbocycles. The summed E-state index contributed by atoms with van der Waals surface area (Å²) in [4.78, 5) is 39.5. The first kappa shape index (κ1) is 26.8. The largest absolute Gasteiger partial charge is 0.462 e. The molecule has 4 unspecified atom stereocenters. The Morgan fingerprint density at radius 1 is 1.24 bits per heavy atom. The molecule has 8 nitrogen and oxygen atoms in total. The molecule has 0 bridgehead atoms. The summed E-state index contributed by atoms with van der Waals surface area (Å²) in [6.07, 6.45) is -0.389. The van der Waals surface area contributed by atoms with Gasteiger partial charge in [0.1, 0.15) is 23.2 Å². The highest BCUT2D eigenvalue weighted by molar-refractivity contribution is 5.96. The van der Waals surface area contributed by atoms with Crippen molar-refractivity contribution in [1.29, 1.82) is 0 Å². The summed E-state index contributed by atoms with van der Waals surface area (Å²) in [5, 5.41) is 2.62. The first-order valence-corrected chi connectivity index (χ1v) is 12.4. The predicted molar refractivity (Wildman–Crippen MR) is 132 cm³/mol. The lowest BCUT2D eigenvalue weighted by atomic mass is 10.0. The quantitative estimate of drug-likeness (QED) is 0.571. The van der Waals surface area contributed by atoms with Crippen LogP contribution in [0, 0.1) is 18.7 Å². The lowest BCUT2D eigenvalue weighted by Gasteiger charge is -2.25. The number of alkyl carbamates (subject to hydrolysis) is 1. The van der Waals surface area contributed by atoms with Crippen molar-refractivity contribution in [3.8, 4) is 0 Å². The number of fused-ring (bicyclic) bond motifs is 1. The van der Waals surface area contributed by atoms with Gasteiger partial charge in [-0.1, -0.05) is 0 Å². The number of amides is 1. The van der Waals surface area contributed by atoms with E-state index in [-0.39, 0.29) is 42.8 Å². The van der Waals surface area contributed by atoms with Gasteiger partial charge in [-0.05, 0) is 46.2 Å². The molecule has 4 rings (SSSR count). The van der Waals surface area contributed by atoms with Crippen LogP contribution in [0.25, 0.3) is 10.9 Å². The highest BCUT2D eigenvalue weighted by Crippen LogP contribution is 2.43. The van der Waals surface area contributed by atoms with E-state index in [1.807, 2.05) is 0 Å². The number of hydrogen-bond donors (Lipinski definition) is 1. The number of alkyl halides is 2. The van der Waals surface area contributed by atoms with E-state index in [0.717, 1.165) is 6.07 Å². The number of anilines is 1. The molecule has 1 aromatic heterocycles. The summed E-state index contributed by atoms with van der Waals surface area (Å²) < 4.78 is 55.4.